The summed E-state index contributed by atoms with van der Waals surface area (Å²) >= 11 is 8.91. The van der Waals surface area contributed by atoms with E-state index in [9.17, 15) is 9.59 Å². The molecule has 1 amide bonds. The van der Waals surface area contributed by atoms with E-state index in [4.69, 9.17) is 16.3 Å². The number of ether oxygens (including phenoxy) is 1. The molecule has 0 spiro atoms. The SMILES string of the molecule is O=C(CBr)Oc1ccc(Cl)cc1C(=O)Nc1ccccc1. The van der Waals surface area contributed by atoms with Crippen molar-refractivity contribution in [1.29, 1.82) is 0 Å². The number of amides is 1. The van der Waals surface area contributed by atoms with Gasteiger partial charge in [0.05, 0.1) is 5.56 Å². The highest BCUT2D eigenvalue weighted by molar-refractivity contribution is 9.09. The average Bonchev–Trinajstić information content (AvgIpc) is 2.49. The van der Waals surface area contributed by atoms with E-state index in [1.165, 1.54) is 12.1 Å². The highest BCUT2D eigenvalue weighted by atomic mass is 79.9. The number of esters is 1. The zero-order valence-corrected chi connectivity index (χ0v) is 13.1. The largest absolute Gasteiger partial charge is 0.425 e. The number of anilines is 1. The van der Waals surface area contributed by atoms with Crippen LogP contribution in [-0.4, -0.2) is 17.2 Å². The fourth-order valence-corrected chi connectivity index (χ4v) is 1.93. The predicted octanol–water partition coefficient (Wildman–Crippen LogP) is 3.89. The van der Waals surface area contributed by atoms with Crippen LogP contribution in [0.4, 0.5) is 5.69 Å². The van der Waals surface area contributed by atoms with Crippen molar-refractivity contribution in [3.05, 3.63) is 59.1 Å². The molecule has 0 aliphatic carbocycles. The van der Waals surface area contributed by atoms with Gasteiger partial charge in [0.1, 0.15) is 11.1 Å². The molecule has 108 valence electrons. The highest BCUT2D eigenvalue weighted by Gasteiger charge is 2.16. The lowest BCUT2D eigenvalue weighted by Crippen LogP contribution is -2.16. The van der Waals surface area contributed by atoms with E-state index >= 15 is 0 Å². The first-order valence-electron chi connectivity index (χ1n) is 6.03. The van der Waals surface area contributed by atoms with Crippen LogP contribution in [0.15, 0.2) is 48.5 Å². The van der Waals surface area contributed by atoms with Gasteiger partial charge in [-0.3, -0.25) is 9.59 Å². The summed E-state index contributed by atoms with van der Waals surface area (Å²) in [5, 5.41) is 3.13. The molecule has 0 bridgehead atoms. The topological polar surface area (TPSA) is 55.4 Å². The van der Waals surface area contributed by atoms with E-state index in [0.29, 0.717) is 10.7 Å². The van der Waals surface area contributed by atoms with Crippen molar-refractivity contribution in [1.82, 2.24) is 0 Å². The average molecular weight is 369 g/mol. The number of para-hydroxylation sites is 1. The molecule has 0 unspecified atom stereocenters. The molecule has 2 aromatic rings. The molecular formula is C15H11BrClNO3. The van der Waals surface area contributed by atoms with Crippen molar-refractivity contribution in [2.45, 2.75) is 0 Å². The van der Waals surface area contributed by atoms with Crippen LogP contribution in [-0.2, 0) is 4.79 Å². The molecule has 0 saturated carbocycles. The number of halogens is 2. The monoisotopic (exact) mass is 367 g/mol. The van der Waals surface area contributed by atoms with Gasteiger partial charge in [0.2, 0.25) is 0 Å². The van der Waals surface area contributed by atoms with Crippen LogP contribution in [0.5, 0.6) is 5.75 Å². The number of nitrogens with one attached hydrogen (secondary N) is 1. The van der Waals surface area contributed by atoms with Gasteiger partial charge in [-0.25, -0.2) is 0 Å². The molecule has 0 radical (unpaired) electrons. The maximum Gasteiger partial charge on any atom is 0.321 e. The minimum atomic E-state index is -0.494. The molecule has 0 saturated heterocycles. The van der Waals surface area contributed by atoms with Crippen molar-refractivity contribution in [2.75, 3.05) is 10.6 Å². The molecule has 0 fully saturated rings. The maximum atomic E-state index is 12.3. The second-order valence-corrected chi connectivity index (χ2v) is 5.07. The third-order valence-electron chi connectivity index (χ3n) is 2.55. The Bertz CT molecular complexity index is 661. The van der Waals surface area contributed by atoms with Crippen LogP contribution in [0, 0.1) is 0 Å². The second kappa shape index (κ2) is 7.24. The molecule has 2 rings (SSSR count). The van der Waals surface area contributed by atoms with E-state index in [0.717, 1.165) is 0 Å². The Morgan fingerprint density at radius 3 is 2.52 bits per heavy atom. The molecule has 21 heavy (non-hydrogen) atoms. The highest BCUT2D eigenvalue weighted by Crippen LogP contribution is 2.24. The zero-order valence-electron chi connectivity index (χ0n) is 10.8. The van der Waals surface area contributed by atoms with E-state index < -0.39 is 11.9 Å². The lowest BCUT2D eigenvalue weighted by atomic mass is 10.2. The number of rotatable bonds is 4. The van der Waals surface area contributed by atoms with E-state index in [-0.39, 0.29) is 16.6 Å². The molecule has 0 aromatic heterocycles. The quantitative estimate of drug-likeness (QED) is 0.506. The van der Waals surface area contributed by atoms with E-state index in [1.807, 2.05) is 6.07 Å². The van der Waals surface area contributed by atoms with Crippen molar-refractivity contribution in [3.63, 3.8) is 0 Å². The summed E-state index contributed by atoms with van der Waals surface area (Å²) in [6.07, 6.45) is 0. The Hall–Kier alpha value is -1.85. The van der Waals surface area contributed by atoms with E-state index in [2.05, 4.69) is 21.2 Å². The Morgan fingerprint density at radius 1 is 1.14 bits per heavy atom. The van der Waals surface area contributed by atoms with Gasteiger partial charge in [0.15, 0.2) is 0 Å². The van der Waals surface area contributed by atoms with Gasteiger partial charge in [0.25, 0.3) is 5.91 Å². The number of alkyl halides is 1. The summed E-state index contributed by atoms with van der Waals surface area (Å²) in [5.41, 5.74) is 0.834. The number of hydrogen-bond acceptors (Lipinski definition) is 3. The first-order valence-corrected chi connectivity index (χ1v) is 7.52. The van der Waals surface area contributed by atoms with Gasteiger partial charge >= 0.3 is 5.97 Å². The number of carbonyl (C=O) groups excluding carboxylic acids is 2. The Morgan fingerprint density at radius 2 is 1.86 bits per heavy atom. The lowest BCUT2D eigenvalue weighted by molar-refractivity contribution is -0.131. The zero-order chi connectivity index (χ0) is 15.2. The molecule has 0 aliphatic heterocycles. The van der Waals surface area contributed by atoms with Gasteiger partial charge in [-0.1, -0.05) is 45.7 Å². The molecule has 6 heteroatoms. The fourth-order valence-electron chi connectivity index (χ4n) is 1.64. The minimum absolute atomic E-state index is 0.0371. The van der Waals surface area contributed by atoms with Gasteiger partial charge in [-0.15, -0.1) is 0 Å². The smallest absolute Gasteiger partial charge is 0.321 e. The number of carbonyl (C=O) groups is 2. The van der Waals surface area contributed by atoms with Gasteiger partial charge < -0.3 is 10.1 Å². The molecular weight excluding hydrogens is 358 g/mol. The van der Waals surface area contributed by atoms with Crippen LogP contribution in [0.1, 0.15) is 10.4 Å². The fraction of sp³-hybridized carbons (Fsp3) is 0.0667. The van der Waals surface area contributed by atoms with Crippen molar-refractivity contribution in [2.24, 2.45) is 0 Å². The molecule has 1 N–H and O–H groups in total. The number of benzene rings is 2. The molecule has 4 nitrogen and oxygen atoms in total. The minimum Gasteiger partial charge on any atom is -0.425 e. The third-order valence-corrected chi connectivity index (χ3v) is 3.24. The van der Waals surface area contributed by atoms with Crippen LogP contribution < -0.4 is 10.1 Å². The van der Waals surface area contributed by atoms with Crippen molar-refractivity contribution in [3.8, 4) is 5.75 Å². The van der Waals surface area contributed by atoms with Crippen LogP contribution in [0.2, 0.25) is 5.02 Å². The number of hydrogen-bond donors (Lipinski definition) is 1. The molecule has 0 aliphatic rings. The van der Waals surface area contributed by atoms with Gasteiger partial charge in [0, 0.05) is 10.7 Å². The van der Waals surface area contributed by atoms with Crippen LogP contribution >= 0.6 is 27.5 Å². The Balaban J connectivity index is 2.26. The summed E-state index contributed by atoms with van der Waals surface area (Å²) in [6.45, 7) is 0. The molecule has 0 atom stereocenters. The third kappa shape index (κ3) is 4.31. The first-order chi connectivity index (χ1) is 10.1. The Labute approximate surface area is 135 Å². The van der Waals surface area contributed by atoms with Crippen LogP contribution in [0.25, 0.3) is 0 Å². The Kier molecular flexibility index (Phi) is 5.36. The lowest BCUT2D eigenvalue weighted by Gasteiger charge is -2.10. The molecule has 2 aromatic carbocycles. The van der Waals surface area contributed by atoms with Crippen molar-refractivity contribution >= 4 is 45.1 Å². The second-order valence-electron chi connectivity index (χ2n) is 4.07. The molecule has 0 heterocycles. The maximum absolute atomic E-state index is 12.3. The summed E-state index contributed by atoms with van der Waals surface area (Å²) in [6, 6.07) is 13.5. The standard InChI is InChI=1S/C15H11BrClNO3/c16-9-14(19)21-13-7-6-10(17)8-12(13)15(20)18-11-4-2-1-3-5-11/h1-8H,9H2,(H,18,20). The summed E-state index contributed by atoms with van der Waals surface area (Å²) in [5.74, 6) is -0.732. The van der Waals surface area contributed by atoms with Gasteiger partial charge in [-0.05, 0) is 30.3 Å². The van der Waals surface area contributed by atoms with Gasteiger partial charge in [-0.2, -0.15) is 0 Å². The predicted molar refractivity (Wildman–Crippen MR) is 85.3 cm³/mol. The summed E-state index contributed by atoms with van der Waals surface area (Å²) in [7, 11) is 0. The van der Waals surface area contributed by atoms with E-state index in [1.54, 1.807) is 30.3 Å². The summed E-state index contributed by atoms with van der Waals surface area (Å²) in [4.78, 5) is 23.6. The first kappa shape index (κ1) is 15.5. The van der Waals surface area contributed by atoms with Crippen LogP contribution in [0.3, 0.4) is 0 Å². The summed E-state index contributed by atoms with van der Waals surface area (Å²) < 4.78 is 5.10. The normalized spacial score (nSPS) is 10.0. The van der Waals surface area contributed by atoms with Crippen molar-refractivity contribution < 1.29 is 14.3 Å².